The van der Waals surface area contributed by atoms with Gasteiger partial charge in [-0.25, -0.2) is 0 Å². The molecule has 0 fully saturated rings. The van der Waals surface area contributed by atoms with Crippen LogP contribution in [-0.2, 0) is 4.74 Å². The van der Waals surface area contributed by atoms with Gasteiger partial charge in [0.25, 0.3) is 0 Å². The molecule has 2 unspecified atom stereocenters. The molecule has 0 radical (unpaired) electrons. The molecule has 2 atom stereocenters. The molecule has 0 aliphatic rings. The number of hydrogen-bond donors (Lipinski definition) is 1. The minimum absolute atomic E-state index is 0.0680. The van der Waals surface area contributed by atoms with Gasteiger partial charge in [-0.2, -0.15) is 13.2 Å². The van der Waals surface area contributed by atoms with Crippen LogP contribution in [0.1, 0.15) is 33.1 Å². The van der Waals surface area contributed by atoms with Gasteiger partial charge < -0.3 is 10.1 Å². The average Bonchev–Trinajstić information content (AvgIpc) is 2.15. The molecule has 0 amide bonds. The van der Waals surface area contributed by atoms with E-state index in [1.165, 1.54) is 7.11 Å². The maximum Gasteiger partial charge on any atom is 0.389 e. The second-order valence-corrected chi connectivity index (χ2v) is 3.66. The van der Waals surface area contributed by atoms with Crippen molar-refractivity contribution < 1.29 is 17.9 Å². The zero-order valence-electron chi connectivity index (χ0n) is 9.53. The maximum absolute atomic E-state index is 12.0. The van der Waals surface area contributed by atoms with E-state index in [9.17, 15) is 13.2 Å². The molecule has 0 aliphatic carbocycles. The quantitative estimate of drug-likeness (QED) is 0.722. The summed E-state index contributed by atoms with van der Waals surface area (Å²) < 4.78 is 41.2. The Bertz CT molecular complexity index is 161. The van der Waals surface area contributed by atoms with Gasteiger partial charge in [0.2, 0.25) is 0 Å². The summed E-state index contributed by atoms with van der Waals surface area (Å²) in [6, 6.07) is -0.225. The molecule has 0 aromatic carbocycles. The summed E-state index contributed by atoms with van der Waals surface area (Å²) in [7, 11) is 1.51. The highest BCUT2D eigenvalue weighted by molar-refractivity contribution is 4.74. The third-order valence-electron chi connectivity index (χ3n) is 2.33. The minimum Gasteiger partial charge on any atom is -0.380 e. The molecule has 92 valence electrons. The van der Waals surface area contributed by atoms with E-state index in [0.29, 0.717) is 0 Å². The Hall–Kier alpha value is -0.290. The number of ether oxygens (including phenoxy) is 1. The van der Waals surface area contributed by atoms with E-state index in [1.54, 1.807) is 6.92 Å². The van der Waals surface area contributed by atoms with Crippen LogP contribution in [0.15, 0.2) is 0 Å². The monoisotopic (exact) mass is 227 g/mol. The average molecular weight is 227 g/mol. The molecule has 2 nitrogen and oxygen atoms in total. The molecular weight excluding hydrogens is 207 g/mol. The van der Waals surface area contributed by atoms with Crippen LogP contribution in [0.5, 0.6) is 0 Å². The molecule has 0 rings (SSSR count). The van der Waals surface area contributed by atoms with Gasteiger partial charge in [0, 0.05) is 19.6 Å². The fraction of sp³-hybridized carbons (Fsp3) is 1.00. The van der Waals surface area contributed by atoms with Crippen molar-refractivity contribution in [3.63, 3.8) is 0 Å². The highest BCUT2D eigenvalue weighted by atomic mass is 19.4. The Morgan fingerprint density at radius 1 is 1.33 bits per heavy atom. The van der Waals surface area contributed by atoms with Crippen molar-refractivity contribution >= 4 is 0 Å². The third-order valence-corrected chi connectivity index (χ3v) is 2.33. The largest absolute Gasteiger partial charge is 0.389 e. The summed E-state index contributed by atoms with van der Waals surface area (Å²) in [6.07, 6.45) is -4.07. The van der Waals surface area contributed by atoms with Crippen LogP contribution in [0.3, 0.4) is 0 Å². The molecule has 5 heteroatoms. The van der Waals surface area contributed by atoms with E-state index in [0.717, 1.165) is 13.0 Å². The summed E-state index contributed by atoms with van der Waals surface area (Å²) >= 11 is 0. The van der Waals surface area contributed by atoms with Crippen LogP contribution < -0.4 is 5.32 Å². The first-order valence-corrected chi connectivity index (χ1v) is 5.23. The summed E-state index contributed by atoms with van der Waals surface area (Å²) in [5, 5.41) is 3.07. The Labute approximate surface area is 89.2 Å². The third kappa shape index (κ3) is 7.62. The molecule has 0 spiro atoms. The fourth-order valence-electron chi connectivity index (χ4n) is 1.32. The summed E-state index contributed by atoms with van der Waals surface area (Å²) in [6.45, 7) is 4.48. The zero-order valence-corrected chi connectivity index (χ0v) is 9.53. The first kappa shape index (κ1) is 14.7. The van der Waals surface area contributed by atoms with Crippen molar-refractivity contribution in [2.45, 2.75) is 51.4 Å². The molecule has 0 bridgehead atoms. The smallest absolute Gasteiger partial charge is 0.380 e. The minimum atomic E-state index is -4.08. The topological polar surface area (TPSA) is 21.3 Å². The molecule has 15 heavy (non-hydrogen) atoms. The van der Waals surface area contributed by atoms with Crippen molar-refractivity contribution in [2.24, 2.45) is 0 Å². The van der Waals surface area contributed by atoms with E-state index in [1.807, 2.05) is 6.92 Å². The normalized spacial score (nSPS) is 16.4. The van der Waals surface area contributed by atoms with Gasteiger partial charge in [-0.3, -0.25) is 0 Å². The van der Waals surface area contributed by atoms with Gasteiger partial charge in [-0.05, 0) is 26.3 Å². The van der Waals surface area contributed by atoms with Gasteiger partial charge in [0.1, 0.15) is 0 Å². The van der Waals surface area contributed by atoms with E-state index < -0.39 is 12.6 Å². The number of nitrogens with one attached hydrogen (secondary N) is 1. The number of alkyl halides is 3. The number of halogens is 3. The molecule has 1 N–H and O–H groups in total. The standard InChI is InChI=1S/C10H20F3NO/c1-4-7-14-9(8(2)15-3)5-6-10(11,12)13/h8-9,14H,4-7H2,1-3H3. The summed E-state index contributed by atoms with van der Waals surface area (Å²) in [5.41, 5.74) is 0. The lowest BCUT2D eigenvalue weighted by molar-refractivity contribution is -0.138. The number of hydrogen-bond acceptors (Lipinski definition) is 2. The first-order chi connectivity index (χ1) is 6.90. The summed E-state index contributed by atoms with van der Waals surface area (Å²) in [5.74, 6) is 0. The van der Waals surface area contributed by atoms with Gasteiger partial charge in [0.05, 0.1) is 6.10 Å². The van der Waals surface area contributed by atoms with Crippen molar-refractivity contribution in [3.8, 4) is 0 Å². The van der Waals surface area contributed by atoms with Crippen LogP contribution in [-0.4, -0.2) is 32.0 Å². The Morgan fingerprint density at radius 3 is 2.33 bits per heavy atom. The first-order valence-electron chi connectivity index (χ1n) is 5.23. The highest BCUT2D eigenvalue weighted by Crippen LogP contribution is 2.23. The van der Waals surface area contributed by atoms with E-state index in [2.05, 4.69) is 5.32 Å². The van der Waals surface area contributed by atoms with Crippen molar-refractivity contribution in [1.82, 2.24) is 5.32 Å². The Balaban J connectivity index is 4.01. The van der Waals surface area contributed by atoms with Crippen molar-refractivity contribution in [2.75, 3.05) is 13.7 Å². The molecule has 0 heterocycles. The van der Waals surface area contributed by atoms with E-state index in [-0.39, 0.29) is 18.6 Å². The second kappa shape index (κ2) is 7.06. The van der Waals surface area contributed by atoms with Crippen LogP contribution in [0.25, 0.3) is 0 Å². The lowest BCUT2D eigenvalue weighted by atomic mass is 10.1. The van der Waals surface area contributed by atoms with Crippen LogP contribution in [0.2, 0.25) is 0 Å². The predicted octanol–water partition coefficient (Wildman–Crippen LogP) is 2.73. The predicted molar refractivity (Wildman–Crippen MR) is 53.8 cm³/mol. The van der Waals surface area contributed by atoms with Crippen LogP contribution >= 0.6 is 0 Å². The van der Waals surface area contributed by atoms with Gasteiger partial charge in [-0.1, -0.05) is 6.92 Å². The van der Waals surface area contributed by atoms with E-state index >= 15 is 0 Å². The number of methoxy groups -OCH3 is 1. The highest BCUT2D eigenvalue weighted by Gasteiger charge is 2.29. The molecule has 0 aromatic rings. The molecule has 0 aromatic heterocycles. The van der Waals surface area contributed by atoms with Crippen molar-refractivity contribution in [3.05, 3.63) is 0 Å². The fourth-order valence-corrected chi connectivity index (χ4v) is 1.32. The lowest BCUT2D eigenvalue weighted by Crippen LogP contribution is -2.40. The maximum atomic E-state index is 12.0. The van der Waals surface area contributed by atoms with Crippen LogP contribution in [0, 0.1) is 0 Å². The molecule has 0 saturated heterocycles. The Kier molecular flexibility index (Phi) is 6.92. The SMILES string of the molecule is CCCNC(CCC(F)(F)F)C(C)OC. The van der Waals surface area contributed by atoms with Crippen LogP contribution in [0.4, 0.5) is 13.2 Å². The van der Waals surface area contributed by atoms with Crippen molar-refractivity contribution in [1.29, 1.82) is 0 Å². The molecule has 0 aliphatic heterocycles. The Morgan fingerprint density at radius 2 is 1.93 bits per heavy atom. The number of rotatable bonds is 7. The molecular formula is C10H20F3NO. The zero-order chi connectivity index (χ0) is 11.9. The second-order valence-electron chi connectivity index (χ2n) is 3.66. The van der Waals surface area contributed by atoms with Gasteiger partial charge >= 0.3 is 6.18 Å². The van der Waals surface area contributed by atoms with Gasteiger partial charge in [-0.15, -0.1) is 0 Å². The summed E-state index contributed by atoms with van der Waals surface area (Å²) in [4.78, 5) is 0. The lowest BCUT2D eigenvalue weighted by Gasteiger charge is -2.24. The molecule has 0 saturated carbocycles. The van der Waals surface area contributed by atoms with Gasteiger partial charge in [0.15, 0.2) is 0 Å². The van der Waals surface area contributed by atoms with E-state index in [4.69, 9.17) is 4.74 Å².